The number of halogens is 1. The molecule has 1 spiro atoms. The number of carbonyl (C=O) groups excluding carboxylic acids is 1. The third kappa shape index (κ3) is 3.79. The lowest BCUT2D eigenvalue weighted by atomic mass is 9.80. The molecule has 4 aliphatic rings. The molecular weight excluding hydrogens is 444 g/mol. The van der Waals surface area contributed by atoms with Crippen LogP contribution < -0.4 is 0 Å². The summed E-state index contributed by atoms with van der Waals surface area (Å²) in [6.07, 6.45) is 7.81. The molecule has 0 bridgehead atoms. The van der Waals surface area contributed by atoms with E-state index < -0.39 is 5.79 Å². The zero-order valence-electron chi connectivity index (χ0n) is 18.4. The summed E-state index contributed by atoms with van der Waals surface area (Å²) < 4.78 is 19.3. The van der Waals surface area contributed by atoms with Gasteiger partial charge in [-0.2, -0.15) is 0 Å². The van der Waals surface area contributed by atoms with Crippen molar-refractivity contribution in [1.29, 1.82) is 0 Å². The van der Waals surface area contributed by atoms with Crippen molar-refractivity contribution in [2.45, 2.75) is 50.2 Å². The van der Waals surface area contributed by atoms with Crippen molar-refractivity contribution in [2.75, 3.05) is 26.3 Å². The maximum absolute atomic E-state index is 13.0. The van der Waals surface area contributed by atoms with E-state index in [4.69, 9.17) is 25.8 Å². The van der Waals surface area contributed by atoms with E-state index in [1.807, 2.05) is 23.1 Å². The van der Waals surface area contributed by atoms with Crippen molar-refractivity contribution in [1.82, 2.24) is 19.7 Å². The summed E-state index contributed by atoms with van der Waals surface area (Å²) in [5, 5.41) is 9.87. The summed E-state index contributed by atoms with van der Waals surface area (Å²) in [6.45, 7) is 2.69. The molecule has 8 nitrogen and oxygen atoms in total. The molecular formula is C24H27ClN4O4. The molecule has 9 heteroatoms. The van der Waals surface area contributed by atoms with Gasteiger partial charge in [0.05, 0.1) is 31.7 Å². The summed E-state index contributed by atoms with van der Waals surface area (Å²) in [6, 6.07) is 5.90. The predicted molar refractivity (Wildman–Crippen MR) is 120 cm³/mol. The number of carbonyl (C=O) groups is 1. The van der Waals surface area contributed by atoms with E-state index in [1.54, 1.807) is 12.5 Å². The number of hydrogen-bond donors (Lipinski definition) is 0. The van der Waals surface area contributed by atoms with Crippen LogP contribution in [0.15, 0.2) is 30.7 Å². The summed E-state index contributed by atoms with van der Waals surface area (Å²) in [4.78, 5) is 14.9. The molecule has 0 unspecified atom stereocenters. The van der Waals surface area contributed by atoms with E-state index in [-0.39, 0.29) is 17.7 Å². The standard InChI is InChI=1S/C24H27ClN4O4/c25-19-5-6-20-18(13-19)14-24(32-11-12-33-24)15-21-26-27-22(29(20)21)16-1-3-17(4-2-16)23(30)28-7-9-31-10-8-28/h5-6,11-13,16-17H,1-4,7-10,14-15H2. The monoisotopic (exact) mass is 470 g/mol. The third-order valence-electron chi connectivity index (χ3n) is 7.31. The normalized spacial score (nSPS) is 25.7. The van der Waals surface area contributed by atoms with Gasteiger partial charge in [0.15, 0.2) is 0 Å². The highest BCUT2D eigenvalue weighted by Gasteiger charge is 2.43. The lowest BCUT2D eigenvalue weighted by Gasteiger charge is -2.33. The zero-order valence-corrected chi connectivity index (χ0v) is 19.2. The molecule has 6 rings (SSSR count). The van der Waals surface area contributed by atoms with Crippen LogP contribution >= 0.6 is 11.6 Å². The number of rotatable bonds is 2. The van der Waals surface area contributed by atoms with Crippen molar-refractivity contribution in [3.8, 4) is 5.69 Å². The quantitative estimate of drug-likeness (QED) is 0.669. The molecule has 33 heavy (non-hydrogen) atoms. The Balaban J connectivity index is 1.26. The van der Waals surface area contributed by atoms with Gasteiger partial charge in [0, 0.05) is 29.9 Å². The first-order valence-corrected chi connectivity index (χ1v) is 12.1. The van der Waals surface area contributed by atoms with Crippen molar-refractivity contribution < 1.29 is 19.0 Å². The number of amides is 1. The van der Waals surface area contributed by atoms with Crippen LogP contribution in [0.25, 0.3) is 5.69 Å². The average molecular weight is 471 g/mol. The van der Waals surface area contributed by atoms with Crippen LogP contribution in [0.5, 0.6) is 0 Å². The van der Waals surface area contributed by atoms with E-state index in [9.17, 15) is 4.79 Å². The molecule has 0 N–H and O–H groups in total. The minimum absolute atomic E-state index is 0.0894. The molecule has 174 valence electrons. The zero-order chi connectivity index (χ0) is 22.4. The Morgan fingerprint density at radius 1 is 1.03 bits per heavy atom. The molecule has 4 heterocycles. The topological polar surface area (TPSA) is 78.7 Å². The van der Waals surface area contributed by atoms with Gasteiger partial charge in [-0.15, -0.1) is 10.2 Å². The highest BCUT2D eigenvalue weighted by molar-refractivity contribution is 6.30. The van der Waals surface area contributed by atoms with Gasteiger partial charge in [0.25, 0.3) is 5.79 Å². The van der Waals surface area contributed by atoms with Crippen molar-refractivity contribution in [3.05, 3.63) is 53.0 Å². The van der Waals surface area contributed by atoms with E-state index >= 15 is 0 Å². The molecule has 1 saturated carbocycles. The van der Waals surface area contributed by atoms with Gasteiger partial charge in [-0.05, 0) is 49.4 Å². The minimum Gasteiger partial charge on any atom is -0.456 e. The Kier molecular flexibility index (Phi) is 5.30. The number of aromatic nitrogens is 3. The smallest absolute Gasteiger partial charge is 0.260 e. The Hall–Kier alpha value is -2.58. The largest absolute Gasteiger partial charge is 0.456 e. The van der Waals surface area contributed by atoms with E-state index in [0.29, 0.717) is 44.2 Å². The first-order valence-electron chi connectivity index (χ1n) is 11.7. The van der Waals surface area contributed by atoms with Crippen LogP contribution in [-0.4, -0.2) is 57.7 Å². The summed E-state index contributed by atoms with van der Waals surface area (Å²) in [7, 11) is 0. The Labute approximate surface area is 197 Å². The van der Waals surface area contributed by atoms with Crippen molar-refractivity contribution in [2.24, 2.45) is 5.92 Å². The maximum Gasteiger partial charge on any atom is 0.260 e. The summed E-state index contributed by atoms with van der Waals surface area (Å²) >= 11 is 6.34. The SMILES string of the molecule is O=C(C1CCC(c2nnc3n2-c2ccc(Cl)cc2CC2(C3)OC=CO2)CC1)N1CCOCC1. The number of nitrogens with zero attached hydrogens (tertiary/aromatic N) is 4. The molecule has 1 aromatic carbocycles. The Morgan fingerprint density at radius 3 is 2.55 bits per heavy atom. The molecule has 2 fully saturated rings. The third-order valence-corrected chi connectivity index (χ3v) is 7.55. The maximum atomic E-state index is 13.0. The molecule has 2 aromatic rings. The van der Waals surface area contributed by atoms with Gasteiger partial charge in [-0.3, -0.25) is 9.36 Å². The van der Waals surface area contributed by atoms with E-state index in [2.05, 4.69) is 14.8 Å². The fraction of sp³-hybridized carbons (Fsp3) is 0.542. The number of fused-ring (bicyclic) bond motifs is 3. The van der Waals surface area contributed by atoms with Gasteiger partial charge in [-0.25, -0.2) is 0 Å². The minimum atomic E-state index is -0.819. The van der Waals surface area contributed by atoms with Crippen LogP contribution in [0.4, 0.5) is 0 Å². The second-order valence-corrected chi connectivity index (χ2v) is 9.78. The molecule has 1 saturated heterocycles. The number of ether oxygens (including phenoxy) is 3. The van der Waals surface area contributed by atoms with E-state index in [1.165, 1.54) is 0 Å². The number of morpholine rings is 1. The van der Waals surface area contributed by atoms with Crippen molar-refractivity contribution >= 4 is 17.5 Å². The van der Waals surface area contributed by atoms with Gasteiger partial charge in [-0.1, -0.05) is 11.6 Å². The van der Waals surface area contributed by atoms with Gasteiger partial charge in [0.2, 0.25) is 5.91 Å². The predicted octanol–water partition coefficient (Wildman–Crippen LogP) is 3.37. The first-order chi connectivity index (χ1) is 16.1. The molecule has 1 amide bonds. The van der Waals surface area contributed by atoms with Crippen LogP contribution in [0.3, 0.4) is 0 Å². The van der Waals surface area contributed by atoms with Crippen LogP contribution in [0.1, 0.15) is 48.8 Å². The first kappa shape index (κ1) is 21.0. The highest BCUT2D eigenvalue weighted by atomic mass is 35.5. The molecule has 0 radical (unpaired) electrons. The summed E-state index contributed by atoms with van der Waals surface area (Å²) in [5.41, 5.74) is 2.07. The molecule has 3 aliphatic heterocycles. The van der Waals surface area contributed by atoms with Crippen LogP contribution in [0.2, 0.25) is 5.02 Å². The average Bonchev–Trinajstić information content (AvgIpc) is 3.44. The number of hydrogen-bond acceptors (Lipinski definition) is 6. The van der Waals surface area contributed by atoms with Crippen LogP contribution in [0, 0.1) is 5.92 Å². The number of benzene rings is 1. The second kappa shape index (κ2) is 8.33. The molecule has 1 aliphatic carbocycles. The van der Waals surface area contributed by atoms with Gasteiger partial charge < -0.3 is 19.1 Å². The van der Waals surface area contributed by atoms with Crippen LogP contribution in [-0.2, 0) is 31.8 Å². The Bertz CT molecular complexity index is 1080. The van der Waals surface area contributed by atoms with Gasteiger partial charge >= 0.3 is 0 Å². The Morgan fingerprint density at radius 2 is 1.79 bits per heavy atom. The molecule has 0 atom stereocenters. The van der Waals surface area contributed by atoms with Crippen molar-refractivity contribution in [3.63, 3.8) is 0 Å². The lowest BCUT2D eigenvalue weighted by molar-refractivity contribution is -0.141. The van der Waals surface area contributed by atoms with E-state index in [0.717, 1.165) is 48.6 Å². The lowest BCUT2D eigenvalue weighted by Crippen LogP contribution is -2.44. The highest BCUT2D eigenvalue weighted by Crippen LogP contribution is 2.41. The second-order valence-electron chi connectivity index (χ2n) is 9.34. The fourth-order valence-corrected chi connectivity index (χ4v) is 5.81. The fourth-order valence-electron chi connectivity index (χ4n) is 5.62. The van der Waals surface area contributed by atoms with Gasteiger partial charge in [0.1, 0.15) is 24.2 Å². The summed E-state index contributed by atoms with van der Waals surface area (Å²) in [5.74, 6) is 1.57. The molecule has 1 aromatic heterocycles.